The molecular weight excluding hydrogens is 1490 g/mol. The number of likely N-dealkylation sites (tertiary alicyclic amines) is 3. The number of nitrogens with one attached hydrogen (secondary N) is 1. The lowest BCUT2D eigenvalue weighted by atomic mass is 9.75. The van der Waals surface area contributed by atoms with E-state index in [1.54, 1.807) is 20.8 Å². The van der Waals surface area contributed by atoms with E-state index < -0.39 is 16.2 Å². The molecule has 2 N–H and O–H groups in total. The summed E-state index contributed by atoms with van der Waals surface area (Å²) >= 11 is 3.25. The molecule has 3 spiro atoms. The number of ether oxygens (including phenoxy) is 3. The maximum atomic E-state index is 13.8. The lowest BCUT2D eigenvalue weighted by Gasteiger charge is -2.46. The number of aliphatic hydroxyl groups is 1. The van der Waals surface area contributed by atoms with Gasteiger partial charge in [-0.15, -0.1) is 0 Å². The maximum Gasteiger partial charge on any atom is 0.410 e. The largest absolute Gasteiger partial charge is 0.505 e. The number of para-hydroxylation sites is 3. The van der Waals surface area contributed by atoms with Crippen molar-refractivity contribution in [1.82, 2.24) is 43.8 Å². The van der Waals surface area contributed by atoms with Gasteiger partial charge >= 0.3 is 18.3 Å². The molecular formula is C86H109BrN12O13. The number of alkyl halides is 1. The van der Waals surface area contributed by atoms with Gasteiger partial charge in [-0.2, -0.15) is 0 Å². The number of nitrogens with zero attached hydrogens (tertiary/aromatic N) is 11. The van der Waals surface area contributed by atoms with Gasteiger partial charge in [0.15, 0.2) is 11.5 Å². The van der Waals surface area contributed by atoms with E-state index in [-0.39, 0.29) is 70.7 Å². The molecule has 112 heavy (non-hydrogen) atoms. The fraction of sp³-hybridized carbons (Fsp3) is 0.558. The highest BCUT2D eigenvalue weighted by Crippen LogP contribution is 2.51. The van der Waals surface area contributed by atoms with Crippen LogP contribution in [0.1, 0.15) is 226 Å². The number of aliphatic hydroxyl groups excluding tert-OH is 1. The SMILES string of the molecule is CC(C)OC(=O)N1CC2(C1)C(=O)N(Cc1nc3c([nH]1)CCC3)c1ccccc12.CCCCn1c(CN2C(=O)C3(CN(C(=O)OC(C)C)C3)c3ccccc32)nc2c1CCC2.CCCCn1c(CN2C(=O)C3(CN(C(=O)OC(C)C)C3)c3ccccc32)nc2c1CCC2.O=C1CCC=C1O.O=C1CCCC1.O=C1CCCC1Br. The maximum absolute atomic E-state index is 13.8. The zero-order valence-electron chi connectivity index (χ0n) is 66.3. The van der Waals surface area contributed by atoms with Crippen LogP contribution in [-0.4, -0.2) is 165 Å². The third kappa shape index (κ3) is 16.4. The summed E-state index contributed by atoms with van der Waals surface area (Å²) in [6.45, 7) is 20.9. The lowest BCUT2D eigenvalue weighted by Crippen LogP contribution is -2.65. The first kappa shape index (κ1) is 80.6. The van der Waals surface area contributed by atoms with Crippen molar-refractivity contribution in [3.05, 3.63) is 153 Å². The summed E-state index contributed by atoms with van der Waals surface area (Å²) in [5.41, 5.74) is 11.3. The molecule has 6 amide bonds. The topological polar surface area (TPSA) is 285 Å². The van der Waals surface area contributed by atoms with E-state index in [2.05, 4.69) is 43.9 Å². The summed E-state index contributed by atoms with van der Waals surface area (Å²) in [5.74, 6) is 3.63. The average molecular weight is 1600 g/mol. The highest BCUT2D eigenvalue weighted by molar-refractivity contribution is 9.10. The van der Waals surface area contributed by atoms with Crippen LogP contribution < -0.4 is 14.7 Å². The van der Waals surface area contributed by atoms with E-state index in [9.17, 15) is 43.2 Å². The molecule has 26 heteroatoms. The summed E-state index contributed by atoms with van der Waals surface area (Å²) in [7, 11) is 0. The van der Waals surface area contributed by atoms with Gasteiger partial charge in [0.05, 0.1) is 59.9 Å². The zero-order valence-corrected chi connectivity index (χ0v) is 67.9. The van der Waals surface area contributed by atoms with Gasteiger partial charge in [0, 0.05) is 112 Å². The predicted octanol–water partition coefficient (Wildman–Crippen LogP) is 13.6. The minimum Gasteiger partial charge on any atom is -0.505 e. The smallest absolute Gasteiger partial charge is 0.410 e. The van der Waals surface area contributed by atoms with Gasteiger partial charge in [-0.1, -0.05) is 97.2 Å². The molecule has 6 aliphatic heterocycles. The first-order valence-electron chi connectivity index (χ1n) is 40.8. The first-order valence-corrected chi connectivity index (χ1v) is 41.7. The van der Waals surface area contributed by atoms with Crippen molar-refractivity contribution in [2.45, 2.75) is 269 Å². The number of unbranched alkanes of at least 4 members (excludes halogenated alkanes) is 2. The number of aromatic amines is 1. The number of H-pyrrole nitrogens is 1. The Morgan fingerprint density at radius 1 is 0.500 bits per heavy atom. The number of benzene rings is 3. The van der Waals surface area contributed by atoms with Gasteiger partial charge in [0.25, 0.3) is 0 Å². The van der Waals surface area contributed by atoms with Gasteiger partial charge in [-0.05, 0) is 185 Å². The van der Waals surface area contributed by atoms with Crippen LogP contribution in [-0.2, 0) is 130 Å². The summed E-state index contributed by atoms with van der Waals surface area (Å²) in [6.07, 6.45) is 22.3. The Morgan fingerprint density at radius 2 is 0.902 bits per heavy atom. The number of aromatic nitrogens is 6. The van der Waals surface area contributed by atoms with Gasteiger partial charge in [0.2, 0.25) is 17.7 Å². The molecule has 1 atom stereocenters. The summed E-state index contributed by atoms with van der Waals surface area (Å²) in [4.78, 5) is 138. The van der Waals surface area contributed by atoms with Crippen molar-refractivity contribution in [3.63, 3.8) is 0 Å². The van der Waals surface area contributed by atoms with Gasteiger partial charge in [-0.25, -0.2) is 29.3 Å². The van der Waals surface area contributed by atoms with E-state index in [1.165, 1.54) is 41.3 Å². The van der Waals surface area contributed by atoms with Crippen molar-refractivity contribution in [2.24, 2.45) is 0 Å². The molecule has 6 aliphatic carbocycles. The quantitative estimate of drug-likeness (QED) is 0.0713. The number of rotatable bonds is 15. The molecule has 3 saturated heterocycles. The van der Waals surface area contributed by atoms with Crippen LogP contribution in [0.15, 0.2) is 84.6 Å². The minimum atomic E-state index is -0.670. The van der Waals surface area contributed by atoms with Crippen LogP contribution in [0.25, 0.3) is 0 Å². The fourth-order valence-corrected chi connectivity index (χ4v) is 18.1. The Kier molecular flexibility index (Phi) is 24.8. The Morgan fingerprint density at radius 3 is 1.22 bits per heavy atom. The lowest BCUT2D eigenvalue weighted by molar-refractivity contribution is -0.129. The summed E-state index contributed by atoms with van der Waals surface area (Å²) in [6, 6.07) is 23.9. The number of imidazole rings is 3. The molecule has 0 radical (unpaired) electrons. The number of allylic oxidation sites excluding steroid dienone is 2. The minimum absolute atomic E-state index is 0.0406. The predicted molar refractivity (Wildman–Crippen MR) is 426 cm³/mol. The van der Waals surface area contributed by atoms with Crippen molar-refractivity contribution < 1.29 is 62.5 Å². The second kappa shape index (κ2) is 34.5. The van der Waals surface area contributed by atoms with Crippen LogP contribution in [0.4, 0.5) is 31.4 Å². The van der Waals surface area contributed by atoms with Crippen LogP contribution in [0.2, 0.25) is 0 Å². The number of hydrogen-bond acceptors (Lipinski definition) is 16. The van der Waals surface area contributed by atoms with E-state index in [0.29, 0.717) is 83.3 Å². The Hall–Kier alpha value is -9.46. The number of carbonyl (C=O) groups is 9. The molecule has 2 saturated carbocycles. The molecule has 3 aromatic carbocycles. The number of halogens is 1. The van der Waals surface area contributed by atoms with Gasteiger partial charge in [-0.3, -0.25) is 28.8 Å². The summed E-state index contributed by atoms with van der Waals surface area (Å²) in [5, 5.41) is 8.51. The van der Waals surface area contributed by atoms with Crippen molar-refractivity contribution in [3.8, 4) is 0 Å². The molecule has 598 valence electrons. The Balaban J connectivity index is 0.000000130. The van der Waals surface area contributed by atoms with E-state index >= 15 is 0 Å². The second-order valence-electron chi connectivity index (χ2n) is 32.5. The van der Waals surface area contributed by atoms with E-state index in [4.69, 9.17) is 34.3 Å². The first-order chi connectivity index (χ1) is 53.9. The molecule has 0 bridgehead atoms. The summed E-state index contributed by atoms with van der Waals surface area (Å²) < 4.78 is 20.7. The number of hydrogen-bond donors (Lipinski definition) is 2. The number of amides is 6. The van der Waals surface area contributed by atoms with E-state index in [1.807, 2.05) is 129 Å². The highest BCUT2D eigenvalue weighted by Gasteiger charge is 2.62. The molecule has 12 aliphatic rings. The number of Topliss-reactive ketones (excluding diaryl/α,β-unsaturated/α-hetero) is 3. The fourth-order valence-electron chi connectivity index (χ4n) is 17.6. The van der Waals surface area contributed by atoms with Gasteiger partial charge in [0.1, 0.15) is 45.3 Å². The highest BCUT2D eigenvalue weighted by atomic mass is 79.9. The zero-order chi connectivity index (χ0) is 79.3. The Labute approximate surface area is 664 Å². The van der Waals surface area contributed by atoms with Crippen LogP contribution >= 0.6 is 15.9 Å². The second-order valence-corrected chi connectivity index (χ2v) is 33.6. The van der Waals surface area contributed by atoms with Crippen molar-refractivity contribution in [2.75, 3.05) is 54.0 Å². The average Bonchev–Trinajstić information content (AvgIpc) is 1.55. The van der Waals surface area contributed by atoms with E-state index in [0.717, 1.165) is 186 Å². The number of carbonyl (C=O) groups excluding carboxylic acids is 9. The number of aryl methyl sites for hydroxylation is 4. The number of anilines is 3. The third-order valence-electron chi connectivity index (χ3n) is 23.3. The molecule has 6 aromatic rings. The van der Waals surface area contributed by atoms with Gasteiger partial charge < -0.3 is 62.8 Å². The third-order valence-corrected chi connectivity index (χ3v) is 24.3. The van der Waals surface area contributed by atoms with Crippen molar-refractivity contribution >= 4 is 86.3 Å². The monoisotopic (exact) mass is 1600 g/mol. The molecule has 18 rings (SSSR count). The molecule has 9 heterocycles. The van der Waals surface area contributed by atoms with Crippen LogP contribution in [0.5, 0.6) is 0 Å². The number of fused-ring (bicyclic) bond motifs is 9. The van der Waals surface area contributed by atoms with Crippen LogP contribution in [0.3, 0.4) is 0 Å². The molecule has 25 nitrogen and oxygen atoms in total. The normalized spacial score (nSPS) is 19.7. The van der Waals surface area contributed by atoms with Crippen LogP contribution in [0, 0.1) is 0 Å². The van der Waals surface area contributed by atoms with Crippen molar-refractivity contribution in [1.29, 1.82) is 0 Å². The molecule has 5 fully saturated rings. The molecule has 3 aromatic heterocycles. The molecule has 1 unspecified atom stereocenters. The Bertz CT molecular complexity index is 4370. The standard InChI is InChI=1S/2C25H32N4O3.C21H24N4O3.C5H7BrO.C5H6O2.C5H8O/c2*1-4-5-13-28-21-12-8-10-19(21)26-22(28)14-29-20-11-7-6-9-18(20)25(23(29)30)15-27(16-25)24(31)32-17(2)3;1-13(2)28-20(27)24-11-21(12-24)14-6-3-4-9-17(14)25(19(21)26)10-18-22-15-7-5-8-16(15)23-18;2*6-4-2-1-3-5(4)7;6-5-3-1-2-4-5/h2*6-7,9,11,17H,4-5,8,10,12-16H2,1-3H3;3-4,6,9,13H,5,7-8,10-12H2,1-2H3,(H,22,23);4H,1-3H2;2,6H,1,3H2;1-4H2. The number of ketones is 3.